The summed E-state index contributed by atoms with van der Waals surface area (Å²) in [6.07, 6.45) is 1.66. The van der Waals surface area contributed by atoms with Gasteiger partial charge in [0.15, 0.2) is 11.5 Å². The number of methoxy groups -OCH3 is 1. The van der Waals surface area contributed by atoms with Crippen LogP contribution < -0.4 is 9.47 Å². The van der Waals surface area contributed by atoms with Crippen molar-refractivity contribution in [1.82, 2.24) is 9.97 Å². The van der Waals surface area contributed by atoms with Crippen molar-refractivity contribution in [3.05, 3.63) is 86.5 Å². The zero-order valence-electron chi connectivity index (χ0n) is 17.8. The molecule has 0 unspecified atom stereocenters. The summed E-state index contributed by atoms with van der Waals surface area (Å²) >= 11 is 2.12. The Hall–Kier alpha value is -3.91. The van der Waals surface area contributed by atoms with E-state index in [-0.39, 0.29) is 17.7 Å². The molecule has 1 aromatic heterocycles. The van der Waals surface area contributed by atoms with E-state index in [1.54, 1.807) is 30.3 Å². The average molecular weight is 569 g/mol. The molecule has 9 heteroatoms. The van der Waals surface area contributed by atoms with Crippen LogP contribution in [0.4, 0.5) is 4.39 Å². The maximum atomic E-state index is 13.5. The molecule has 0 aliphatic carbocycles. The molecule has 3 aromatic carbocycles. The fraction of sp³-hybridized carbons (Fsp3) is 0.0800. The summed E-state index contributed by atoms with van der Waals surface area (Å²) in [6.45, 7) is 0.223. The molecule has 0 saturated carbocycles. The van der Waals surface area contributed by atoms with Crippen LogP contribution in [-0.2, 0) is 6.61 Å². The second-order valence-electron chi connectivity index (χ2n) is 7.24. The number of nitriles is 1. The number of allylic oxidation sites excluding steroid dienone is 1. The molecule has 0 amide bonds. The lowest BCUT2D eigenvalue weighted by molar-refractivity contribution is 0.0697. The highest BCUT2D eigenvalue weighted by Gasteiger charge is 2.14. The average Bonchev–Trinajstić information content (AvgIpc) is 3.24. The van der Waals surface area contributed by atoms with Crippen LogP contribution >= 0.6 is 22.6 Å². The van der Waals surface area contributed by atoms with Gasteiger partial charge in [-0.15, -0.1) is 0 Å². The van der Waals surface area contributed by atoms with Crippen LogP contribution in [0.15, 0.2) is 54.6 Å². The fourth-order valence-corrected chi connectivity index (χ4v) is 4.07. The topological polar surface area (TPSA) is 108 Å². The van der Waals surface area contributed by atoms with Crippen molar-refractivity contribution in [1.29, 1.82) is 5.26 Å². The molecule has 0 aliphatic heterocycles. The summed E-state index contributed by atoms with van der Waals surface area (Å²) in [5.41, 5.74) is 3.05. The van der Waals surface area contributed by atoms with Crippen molar-refractivity contribution < 1.29 is 23.8 Å². The van der Waals surface area contributed by atoms with E-state index in [4.69, 9.17) is 14.6 Å². The van der Waals surface area contributed by atoms with E-state index in [0.717, 1.165) is 9.13 Å². The summed E-state index contributed by atoms with van der Waals surface area (Å²) in [6, 6.07) is 16.3. The Kier molecular flexibility index (Phi) is 6.79. The SMILES string of the molecule is COc1cc(/C=C(/C#N)c2nc3ccc(F)cc3[nH]2)cc(I)c1OCc1ccc(C(=O)O)cc1. The number of nitrogens with one attached hydrogen (secondary N) is 1. The van der Waals surface area contributed by atoms with Gasteiger partial charge >= 0.3 is 5.97 Å². The number of carboxylic acids is 1. The molecule has 4 rings (SSSR count). The number of benzene rings is 3. The molecule has 170 valence electrons. The molecular weight excluding hydrogens is 552 g/mol. The number of halogens is 2. The number of aromatic carboxylic acids is 1. The van der Waals surface area contributed by atoms with Gasteiger partial charge in [0.1, 0.15) is 24.3 Å². The van der Waals surface area contributed by atoms with Gasteiger partial charge in [-0.3, -0.25) is 0 Å². The Morgan fingerprint density at radius 1 is 1.24 bits per heavy atom. The third kappa shape index (κ3) is 5.02. The van der Waals surface area contributed by atoms with Gasteiger partial charge in [0.25, 0.3) is 0 Å². The Labute approximate surface area is 207 Å². The number of aromatic nitrogens is 2. The lowest BCUT2D eigenvalue weighted by Gasteiger charge is -2.14. The Morgan fingerprint density at radius 3 is 2.68 bits per heavy atom. The Balaban J connectivity index is 1.60. The number of carbonyl (C=O) groups is 1. The highest BCUT2D eigenvalue weighted by atomic mass is 127. The summed E-state index contributed by atoms with van der Waals surface area (Å²) in [5.74, 6) is -0.0384. The van der Waals surface area contributed by atoms with Gasteiger partial charge in [0, 0.05) is 0 Å². The van der Waals surface area contributed by atoms with Crippen molar-refractivity contribution in [2.75, 3.05) is 7.11 Å². The predicted molar refractivity (Wildman–Crippen MR) is 133 cm³/mol. The minimum Gasteiger partial charge on any atom is -0.493 e. The van der Waals surface area contributed by atoms with Gasteiger partial charge in [0.05, 0.1) is 32.8 Å². The number of carboxylic acid groups (broad SMARTS) is 1. The Bertz CT molecular complexity index is 1460. The van der Waals surface area contributed by atoms with Crippen LogP contribution in [0, 0.1) is 20.7 Å². The number of fused-ring (bicyclic) bond motifs is 1. The van der Waals surface area contributed by atoms with Crippen LogP contribution in [0.25, 0.3) is 22.7 Å². The van der Waals surface area contributed by atoms with Crippen molar-refractivity contribution in [3.63, 3.8) is 0 Å². The van der Waals surface area contributed by atoms with E-state index in [1.807, 2.05) is 6.07 Å². The minimum absolute atomic E-state index is 0.204. The first-order valence-electron chi connectivity index (χ1n) is 9.98. The van der Waals surface area contributed by atoms with E-state index < -0.39 is 11.8 Å². The zero-order chi connectivity index (χ0) is 24.2. The number of hydrogen-bond acceptors (Lipinski definition) is 5. The molecule has 0 spiro atoms. The maximum Gasteiger partial charge on any atom is 0.335 e. The van der Waals surface area contributed by atoms with E-state index in [0.29, 0.717) is 33.9 Å². The Morgan fingerprint density at radius 2 is 2.00 bits per heavy atom. The number of rotatable bonds is 7. The molecule has 7 nitrogen and oxygen atoms in total. The summed E-state index contributed by atoms with van der Waals surface area (Å²) < 4.78 is 25.7. The number of aromatic amines is 1. The van der Waals surface area contributed by atoms with E-state index >= 15 is 0 Å². The monoisotopic (exact) mass is 569 g/mol. The highest BCUT2D eigenvalue weighted by molar-refractivity contribution is 14.1. The van der Waals surface area contributed by atoms with Crippen molar-refractivity contribution >= 4 is 51.2 Å². The lowest BCUT2D eigenvalue weighted by Crippen LogP contribution is -2.01. The largest absolute Gasteiger partial charge is 0.493 e. The van der Waals surface area contributed by atoms with Gasteiger partial charge in [-0.2, -0.15) is 5.26 Å². The van der Waals surface area contributed by atoms with Gasteiger partial charge in [-0.1, -0.05) is 12.1 Å². The molecular formula is C25H17FIN3O4. The van der Waals surface area contributed by atoms with E-state index in [9.17, 15) is 14.4 Å². The second kappa shape index (κ2) is 9.93. The van der Waals surface area contributed by atoms with Gasteiger partial charge in [-0.25, -0.2) is 14.2 Å². The fourth-order valence-electron chi connectivity index (χ4n) is 3.29. The molecule has 0 fully saturated rings. The van der Waals surface area contributed by atoms with Crippen LogP contribution in [0.2, 0.25) is 0 Å². The highest BCUT2D eigenvalue weighted by Crippen LogP contribution is 2.35. The zero-order valence-corrected chi connectivity index (χ0v) is 20.0. The number of imidazole rings is 1. The summed E-state index contributed by atoms with van der Waals surface area (Å²) in [5, 5.41) is 18.7. The first kappa shape index (κ1) is 23.3. The predicted octanol–water partition coefficient (Wildman–Crippen LogP) is 5.66. The van der Waals surface area contributed by atoms with Crippen LogP contribution in [0.1, 0.15) is 27.3 Å². The summed E-state index contributed by atoms with van der Waals surface area (Å²) in [4.78, 5) is 18.4. The van der Waals surface area contributed by atoms with Gasteiger partial charge in [0.2, 0.25) is 0 Å². The second-order valence-corrected chi connectivity index (χ2v) is 8.40. The first-order chi connectivity index (χ1) is 16.4. The van der Waals surface area contributed by atoms with Gasteiger partial charge in [-0.05, 0) is 82.3 Å². The quantitative estimate of drug-likeness (QED) is 0.220. The van der Waals surface area contributed by atoms with Crippen molar-refractivity contribution in [2.24, 2.45) is 0 Å². The molecule has 0 aliphatic rings. The van der Waals surface area contributed by atoms with Crippen LogP contribution in [0.5, 0.6) is 11.5 Å². The molecule has 0 bridgehead atoms. The standard InChI is InChI=1S/C25H17FIN3O4/c1-33-22-10-15(8-17(12-28)24-29-20-7-6-18(26)11-21(20)30-24)9-19(27)23(22)34-13-14-2-4-16(5-3-14)25(31)32/h2-11H,13H2,1H3,(H,29,30)(H,31,32)/b17-8-. The number of nitrogens with zero attached hydrogens (tertiary/aromatic N) is 2. The third-order valence-corrected chi connectivity index (χ3v) is 5.77. The van der Waals surface area contributed by atoms with E-state index in [2.05, 4.69) is 38.6 Å². The number of H-pyrrole nitrogens is 1. The van der Waals surface area contributed by atoms with Crippen LogP contribution in [0.3, 0.4) is 0 Å². The lowest BCUT2D eigenvalue weighted by atomic mass is 10.1. The first-order valence-corrected chi connectivity index (χ1v) is 11.1. The molecule has 4 aromatic rings. The smallest absolute Gasteiger partial charge is 0.335 e. The van der Waals surface area contributed by atoms with E-state index in [1.165, 1.54) is 31.4 Å². The molecule has 1 heterocycles. The number of ether oxygens (including phenoxy) is 2. The molecule has 0 atom stereocenters. The molecule has 2 N–H and O–H groups in total. The minimum atomic E-state index is -0.987. The normalized spacial score (nSPS) is 11.3. The maximum absolute atomic E-state index is 13.5. The van der Waals surface area contributed by atoms with Crippen LogP contribution in [-0.4, -0.2) is 28.2 Å². The molecule has 34 heavy (non-hydrogen) atoms. The van der Waals surface area contributed by atoms with Crippen molar-refractivity contribution in [3.8, 4) is 17.6 Å². The van der Waals surface area contributed by atoms with Gasteiger partial charge < -0.3 is 19.6 Å². The molecule has 0 radical (unpaired) electrons. The third-order valence-electron chi connectivity index (χ3n) is 4.97. The molecule has 0 saturated heterocycles. The summed E-state index contributed by atoms with van der Waals surface area (Å²) in [7, 11) is 1.52. The number of hydrogen-bond donors (Lipinski definition) is 2. The van der Waals surface area contributed by atoms with Crippen molar-refractivity contribution in [2.45, 2.75) is 6.61 Å².